The largest absolute Gasteiger partial charge is 0.397 e. The molecule has 2 rings (SSSR count). The Morgan fingerprint density at radius 1 is 1.35 bits per heavy atom. The van der Waals surface area contributed by atoms with Crippen LogP contribution in [0.5, 0.6) is 0 Å². The third-order valence-corrected chi connectivity index (χ3v) is 2.42. The van der Waals surface area contributed by atoms with Crippen molar-refractivity contribution in [2.24, 2.45) is 0 Å². The van der Waals surface area contributed by atoms with Crippen molar-refractivity contribution in [3.8, 4) is 0 Å². The number of nitro benzene ring substituents is 1. The topological polar surface area (TPSA) is 111 Å². The molecule has 0 radical (unpaired) electrons. The average molecular weight is 276 g/mol. The normalized spacial score (nSPS) is 10.1. The van der Waals surface area contributed by atoms with E-state index in [2.05, 4.69) is 10.3 Å². The molecule has 1 amide bonds. The molecule has 0 atom stereocenters. The molecule has 8 heteroatoms. The number of carbonyl (C=O) groups is 1. The molecule has 0 bridgehead atoms. The quantitative estimate of drug-likeness (QED) is 0.657. The molecule has 2 aromatic rings. The van der Waals surface area contributed by atoms with E-state index < -0.39 is 22.3 Å². The van der Waals surface area contributed by atoms with Gasteiger partial charge in [-0.25, -0.2) is 4.98 Å². The highest BCUT2D eigenvalue weighted by atomic mass is 19.1. The predicted molar refractivity (Wildman–Crippen MR) is 69.7 cm³/mol. The number of nitrogens with two attached hydrogens (primary N) is 1. The smallest absolute Gasteiger partial charge is 0.306 e. The maximum atomic E-state index is 13.1. The summed E-state index contributed by atoms with van der Waals surface area (Å²) in [4.78, 5) is 25.3. The van der Waals surface area contributed by atoms with Gasteiger partial charge in [0.05, 0.1) is 16.8 Å². The van der Waals surface area contributed by atoms with Crippen LogP contribution in [0.25, 0.3) is 0 Å². The van der Waals surface area contributed by atoms with Gasteiger partial charge in [-0.1, -0.05) is 0 Å². The van der Waals surface area contributed by atoms with Gasteiger partial charge in [0, 0.05) is 11.8 Å². The molecule has 1 aromatic carbocycles. The summed E-state index contributed by atoms with van der Waals surface area (Å²) in [5, 5.41) is 13.0. The van der Waals surface area contributed by atoms with Crippen LogP contribution in [0.1, 0.15) is 10.5 Å². The van der Waals surface area contributed by atoms with E-state index in [4.69, 9.17) is 5.73 Å². The van der Waals surface area contributed by atoms with E-state index in [9.17, 15) is 19.3 Å². The van der Waals surface area contributed by atoms with Gasteiger partial charge in [-0.2, -0.15) is 4.39 Å². The zero-order valence-corrected chi connectivity index (χ0v) is 10.0. The minimum Gasteiger partial charge on any atom is -0.397 e. The SMILES string of the molecule is Nc1ccc(C(=O)Nc2ccc(F)c([N+](=O)[O-])c2)nc1. The molecule has 7 nitrogen and oxygen atoms in total. The van der Waals surface area contributed by atoms with Gasteiger partial charge >= 0.3 is 5.69 Å². The lowest BCUT2D eigenvalue weighted by Crippen LogP contribution is -2.13. The molecule has 102 valence electrons. The summed E-state index contributed by atoms with van der Waals surface area (Å²) in [6.45, 7) is 0. The Morgan fingerprint density at radius 2 is 2.10 bits per heavy atom. The first-order valence-corrected chi connectivity index (χ1v) is 5.44. The van der Waals surface area contributed by atoms with Crippen molar-refractivity contribution in [1.29, 1.82) is 0 Å². The molecular formula is C12H9FN4O3. The summed E-state index contributed by atoms with van der Waals surface area (Å²) in [7, 11) is 0. The fourth-order valence-corrected chi connectivity index (χ4v) is 1.47. The molecule has 0 saturated heterocycles. The summed E-state index contributed by atoms with van der Waals surface area (Å²) in [5.74, 6) is -1.55. The summed E-state index contributed by atoms with van der Waals surface area (Å²) >= 11 is 0. The van der Waals surface area contributed by atoms with Crippen molar-refractivity contribution in [1.82, 2.24) is 4.98 Å². The van der Waals surface area contributed by atoms with E-state index in [1.807, 2.05) is 0 Å². The Morgan fingerprint density at radius 3 is 2.70 bits per heavy atom. The van der Waals surface area contributed by atoms with E-state index in [1.165, 1.54) is 24.4 Å². The average Bonchev–Trinajstić information content (AvgIpc) is 2.41. The minimum absolute atomic E-state index is 0.0891. The highest BCUT2D eigenvalue weighted by molar-refractivity contribution is 6.03. The second-order valence-electron chi connectivity index (χ2n) is 3.85. The number of nitrogen functional groups attached to an aromatic ring is 1. The van der Waals surface area contributed by atoms with Crippen molar-refractivity contribution in [2.75, 3.05) is 11.1 Å². The minimum atomic E-state index is -0.974. The highest BCUT2D eigenvalue weighted by Crippen LogP contribution is 2.21. The van der Waals surface area contributed by atoms with Gasteiger partial charge in [-0.3, -0.25) is 14.9 Å². The van der Waals surface area contributed by atoms with Gasteiger partial charge in [0.2, 0.25) is 5.82 Å². The van der Waals surface area contributed by atoms with Crippen LogP contribution in [0.3, 0.4) is 0 Å². The van der Waals surface area contributed by atoms with Gasteiger partial charge < -0.3 is 11.1 Å². The van der Waals surface area contributed by atoms with Crippen molar-refractivity contribution in [2.45, 2.75) is 0 Å². The van der Waals surface area contributed by atoms with Crippen molar-refractivity contribution < 1.29 is 14.1 Å². The first-order valence-electron chi connectivity index (χ1n) is 5.44. The summed E-state index contributed by atoms with van der Waals surface area (Å²) in [5.41, 5.74) is 5.31. The van der Waals surface area contributed by atoms with E-state index in [-0.39, 0.29) is 11.4 Å². The Hall–Kier alpha value is -3.03. The lowest BCUT2D eigenvalue weighted by Gasteiger charge is -2.05. The number of benzene rings is 1. The summed E-state index contributed by atoms with van der Waals surface area (Å²) in [6, 6.07) is 5.96. The number of amides is 1. The highest BCUT2D eigenvalue weighted by Gasteiger charge is 2.16. The maximum absolute atomic E-state index is 13.1. The maximum Gasteiger partial charge on any atom is 0.306 e. The van der Waals surface area contributed by atoms with Gasteiger partial charge in [0.25, 0.3) is 5.91 Å². The number of pyridine rings is 1. The summed E-state index contributed by atoms with van der Waals surface area (Å²) < 4.78 is 13.1. The van der Waals surface area contributed by atoms with Crippen LogP contribution < -0.4 is 11.1 Å². The van der Waals surface area contributed by atoms with Gasteiger partial charge in [-0.15, -0.1) is 0 Å². The van der Waals surface area contributed by atoms with Gasteiger partial charge in [0.1, 0.15) is 5.69 Å². The lowest BCUT2D eigenvalue weighted by atomic mass is 10.2. The Labute approximate surface area is 112 Å². The van der Waals surface area contributed by atoms with Crippen LogP contribution in [0.4, 0.5) is 21.5 Å². The van der Waals surface area contributed by atoms with Crippen LogP contribution in [0.15, 0.2) is 36.5 Å². The number of aromatic nitrogens is 1. The fraction of sp³-hybridized carbons (Fsp3) is 0. The van der Waals surface area contributed by atoms with Crippen LogP contribution in [0.2, 0.25) is 0 Å². The molecule has 20 heavy (non-hydrogen) atoms. The van der Waals surface area contributed by atoms with Gasteiger partial charge in [0.15, 0.2) is 0 Å². The molecule has 1 heterocycles. The molecule has 0 aliphatic rings. The summed E-state index contributed by atoms with van der Waals surface area (Å²) in [6.07, 6.45) is 1.31. The van der Waals surface area contributed by atoms with E-state index in [1.54, 1.807) is 0 Å². The first kappa shape index (κ1) is 13.4. The van der Waals surface area contributed by atoms with E-state index >= 15 is 0 Å². The van der Waals surface area contributed by atoms with Crippen molar-refractivity contribution in [3.63, 3.8) is 0 Å². The van der Waals surface area contributed by atoms with Crippen LogP contribution >= 0.6 is 0 Å². The molecule has 0 spiro atoms. The number of rotatable bonds is 3. The zero-order valence-electron chi connectivity index (χ0n) is 10.0. The van der Waals surface area contributed by atoms with Crippen LogP contribution in [-0.2, 0) is 0 Å². The van der Waals surface area contributed by atoms with E-state index in [0.717, 1.165) is 12.1 Å². The third kappa shape index (κ3) is 2.86. The molecule has 0 unspecified atom stereocenters. The Balaban J connectivity index is 2.21. The fourth-order valence-electron chi connectivity index (χ4n) is 1.47. The zero-order chi connectivity index (χ0) is 14.7. The second-order valence-corrected chi connectivity index (χ2v) is 3.85. The number of hydrogen-bond donors (Lipinski definition) is 2. The van der Waals surface area contributed by atoms with Gasteiger partial charge in [-0.05, 0) is 24.3 Å². The number of anilines is 2. The Bertz CT molecular complexity index is 673. The molecule has 0 aliphatic heterocycles. The predicted octanol–water partition coefficient (Wildman–Crippen LogP) is 1.96. The standard InChI is InChI=1S/C12H9FN4O3/c13-9-3-2-8(5-11(9)17(19)20)16-12(18)10-4-1-7(14)6-15-10/h1-6H,14H2,(H,16,18). The lowest BCUT2D eigenvalue weighted by molar-refractivity contribution is -0.387. The number of nitro groups is 1. The number of halogens is 1. The van der Waals surface area contributed by atoms with Crippen molar-refractivity contribution >= 4 is 23.0 Å². The Kier molecular flexibility index (Phi) is 3.56. The number of nitrogens with one attached hydrogen (secondary N) is 1. The monoisotopic (exact) mass is 276 g/mol. The molecule has 1 aromatic heterocycles. The van der Waals surface area contributed by atoms with Crippen LogP contribution in [-0.4, -0.2) is 15.8 Å². The second kappa shape index (κ2) is 5.31. The molecule has 0 fully saturated rings. The number of nitrogens with zero attached hydrogens (tertiary/aromatic N) is 2. The van der Waals surface area contributed by atoms with Crippen molar-refractivity contribution in [3.05, 3.63) is 58.2 Å². The molecule has 3 N–H and O–H groups in total. The van der Waals surface area contributed by atoms with E-state index in [0.29, 0.717) is 5.69 Å². The van der Waals surface area contributed by atoms with Crippen LogP contribution in [0, 0.1) is 15.9 Å². The molecular weight excluding hydrogens is 267 g/mol. The molecule has 0 saturated carbocycles. The number of hydrogen-bond acceptors (Lipinski definition) is 5. The molecule has 0 aliphatic carbocycles. The first-order chi connectivity index (χ1) is 9.47. The third-order valence-electron chi connectivity index (χ3n) is 2.42. The number of carbonyl (C=O) groups excluding carboxylic acids is 1.